The number of hydrogen-bond acceptors (Lipinski definition) is 2. The predicted molar refractivity (Wildman–Crippen MR) is 87.6 cm³/mol. The van der Waals surface area contributed by atoms with Crippen LogP contribution >= 0.6 is 7.92 Å². The van der Waals surface area contributed by atoms with Crippen LogP contribution in [0.15, 0.2) is 85.2 Å². The summed E-state index contributed by atoms with van der Waals surface area (Å²) in [6, 6.07) is 23.6. The first kappa shape index (κ1) is 13.7. The molecule has 0 amide bonds. The molecule has 0 spiro atoms. The second-order valence-corrected chi connectivity index (χ2v) is 6.66. The fraction of sp³-hybridized carbons (Fsp3) is 0. The smallest absolute Gasteiger partial charge is 0.194 e. The quantitative estimate of drug-likeness (QED) is 0.690. The molecule has 0 unspecified atom stereocenters. The van der Waals surface area contributed by atoms with E-state index < -0.39 is 7.92 Å². The van der Waals surface area contributed by atoms with Gasteiger partial charge in [0.1, 0.15) is 0 Å². The van der Waals surface area contributed by atoms with Gasteiger partial charge in [-0.05, 0) is 22.7 Å². The first-order chi connectivity index (χ1) is 10.4. The number of pyridine rings is 1. The molecule has 0 fully saturated rings. The number of benzene rings is 2. The Labute approximate surface area is 125 Å². The van der Waals surface area contributed by atoms with Gasteiger partial charge < -0.3 is 0 Å². The molecule has 3 heteroatoms. The van der Waals surface area contributed by atoms with Crippen LogP contribution in [0.2, 0.25) is 0 Å². The van der Waals surface area contributed by atoms with Crippen molar-refractivity contribution in [2.75, 3.05) is 0 Å². The summed E-state index contributed by atoms with van der Waals surface area (Å²) in [5, 5.41) is 2.13. The largest absolute Gasteiger partial charge is 0.288 e. The molecule has 0 aliphatic heterocycles. The molecule has 1 aromatic heterocycles. The lowest BCUT2D eigenvalue weighted by atomic mass is 10.3. The molecule has 0 saturated heterocycles. The summed E-state index contributed by atoms with van der Waals surface area (Å²) in [6.07, 6.45) is 3.33. The van der Waals surface area contributed by atoms with E-state index in [1.165, 1.54) is 0 Å². The fourth-order valence-corrected chi connectivity index (χ4v) is 4.25. The maximum Gasteiger partial charge on any atom is 0.194 e. The molecular weight excluding hydrogens is 277 g/mol. The number of hydrogen-bond donors (Lipinski definition) is 0. The van der Waals surface area contributed by atoms with E-state index in [1.807, 2.05) is 66.7 Å². The predicted octanol–water partition coefficient (Wildman–Crippen LogP) is 3.35. The van der Waals surface area contributed by atoms with Crippen LogP contribution in [-0.4, -0.2) is 10.5 Å². The Hall–Kier alpha value is -2.31. The first-order valence-electron chi connectivity index (χ1n) is 6.71. The maximum absolute atomic E-state index is 12.9. The molecule has 0 bridgehead atoms. The zero-order valence-electron chi connectivity index (χ0n) is 11.4. The highest BCUT2D eigenvalue weighted by Crippen LogP contribution is 2.37. The van der Waals surface area contributed by atoms with Gasteiger partial charge in [0.05, 0.1) is 0 Å². The number of rotatable bonds is 4. The summed E-state index contributed by atoms with van der Waals surface area (Å²) in [5.41, 5.74) is 0.798. The van der Waals surface area contributed by atoms with Crippen molar-refractivity contribution in [2.24, 2.45) is 0 Å². The molecule has 2 aromatic carbocycles. The molecule has 102 valence electrons. The third kappa shape index (κ3) is 3.07. The lowest BCUT2D eigenvalue weighted by molar-refractivity contribution is 0.108. The molecule has 3 rings (SSSR count). The third-order valence-corrected chi connectivity index (χ3v) is 5.43. The molecule has 3 aromatic rings. The van der Waals surface area contributed by atoms with Gasteiger partial charge in [-0.3, -0.25) is 9.78 Å². The third-order valence-electron chi connectivity index (χ3n) is 3.14. The van der Waals surface area contributed by atoms with Gasteiger partial charge in [-0.15, -0.1) is 0 Å². The molecule has 1 heterocycles. The van der Waals surface area contributed by atoms with E-state index >= 15 is 0 Å². The van der Waals surface area contributed by atoms with Crippen molar-refractivity contribution in [2.45, 2.75) is 0 Å². The van der Waals surface area contributed by atoms with Crippen molar-refractivity contribution in [3.05, 3.63) is 90.8 Å². The standard InChI is InChI=1S/C18H14NOP/c20-18(15-8-7-13-19-14-15)21(16-9-3-1-4-10-16)17-11-5-2-6-12-17/h1-14H. The van der Waals surface area contributed by atoms with E-state index in [1.54, 1.807) is 18.5 Å². The number of carbonyl (C=O) groups is 1. The highest BCUT2D eigenvalue weighted by molar-refractivity contribution is 7.88. The zero-order valence-corrected chi connectivity index (χ0v) is 12.3. The second-order valence-electron chi connectivity index (χ2n) is 4.55. The summed E-state index contributed by atoms with van der Waals surface area (Å²) in [7, 11) is -1.07. The lowest BCUT2D eigenvalue weighted by Crippen LogP contribution is -2.18. The molecule has 0 saturated carbocycles. The van der Waals surface area contributed by atoms with Crippen LogP contribution in [0.25, 0.3) is 0 Å². The summed E-state index contributed by atoms with van der Waals surface area (Å²) < 4.78 is 0. The van der Waals surface area contributed by atoms with Crippen LogP contribution in [0.5, 0.6) is 0 Å². The van der Waals surface area contributed by atoms with Crippen LogP contribution in [0.4, 0.5) is 0 Å². The first-order valence-corrected chi connectivity index (χ1v) is 8.05. The van der Waals surface area contributed by atoms with Crippen molar-refractivity contribution in [3.63, 3.8) is 0 Å². The SMILES string of the molecule is O=C(c1cccnc1)P(c1ccccc1)c1ccccc1. The summed E-state index contributed by atoms with van der Waals surface area (Å²) in [6.45, 7) is 0. The molecule has 21 heavy (non-hydrogen) atoms. The highest BCUT2D eigenvalue weighted by Gasteiger charge is 2.23. The second kappa shape index (κ2) is 6.43. The van der Waals surface area contributed by atoms with Crippen LogP contribution < -0.4 is 10.6 Å². The average molecular weight is 291 g/mol. The van der Waals surface area contributed by atoms with Crippen molar-refractivity contribution in [3.8, 4) is 0 Å². The van der Waals surface area contributed by atoms with E-state index in [9.17, 15) is 4.79 Å². The van der Waals surface area contributed by atoms with Crippen LogP contribution in [0.3, 0.4) is 0 Å². The number of aromatic nitrogens is 1. The van der Waals surface area contributed by atoms with E-state index in [4.69, 9.17) is 0 Å². The van der Waals surface area contributed by atoms with E-state index in [-0.39, 0.29) is 5.52 Å². The van der Waals surface area contributed by atoms with Crippen molar-refractivity contribution in [1.82, 2.24) is 4.98 Å². The molecule has 0 radical (unpaired) electrons. The van der Waals surface area contributed by atoms with E-state index in [0.717, 1.165) is 10.6 Å². The Kier molecular flexibility index (Phi) is 4.18. The van der Waals surface area contributed by atoms with Crippen molar-refractivity contribution in [1.29, 1.82) is 0 Å². The van der Waals surface area contributed by atoms with Crippen molar-refractivity contribution >= 4 is 24.1 Å². The summed E-state index contributed by atoms with van der Waals surface area (Å²) in [4.78, 5) is 17.0. The van der Waals surface area contributed by atoms with Gasteiger partial charge in [0, 0.05) is 25.9 Å². The normalized spacial score (nSPS) is 10.5. The maximum atomic E-state index is 12.9. The van der Waals surface area contributed by atoms with E-state index in [2.05, 4.69) is 4.98 Å². The Bertz CT molecular complexity index is 674. The molecular formula is C18H14NOP. The molecule has 0 aliphatic carbocycles. The van der Waals surface area contributed by atoms with Gasteiger partial charge >= 0.3 is 0 Å². The van der Waals surface area contributed by atoms with Crippen molar-refractivity contribution < 1.29 is 4.79 Å². The molecule has 0 aliphatic rings. The lowest BCUT2D eigenvalue weighted by Gasteiger charge is -2.17. The molecule has 2 nitrogen and oxygen atoms in total. The molecule has 0 N–H and O–H groups in total. The topological polar surface area (TPSA) is 30.0 Å². The van der Waals surface area contributed by atoms with Gasteiger partial charge in [-0.25, -0.2) is 0 Å². The molecule has 0 atom stereocenters. The van der Waals surface area contributed by atoms with Gasteiger partial charge in [-0.2, -0.15) is 0 Å². The van der Waals surface area contributed by atoms with Crippen LogP contribution in [0, 0.1) is 0 Å². The van der Waals surface area contributed by atoms with Gasteiger partial charge in [-0.1, -0.05) is 60.7 Å². The zero-order chi connectivity index (χ0) is 14.5. The van der Waals surface area contributed by atoms with Gasteiger partial charge in [0.25, 0.3) is 0 Å². The van der Waals surface area contributed by atoms with E-state index in [0.29, 0.717) is 5.56 Å². The monoisotopic (exact) mass is 291 g/mol. The summed E-state index contributed by atoms with van der Waals surface area (Å²) in [5.74, 6) is 0. The Morgan fingerprint density at radius 1 is 0.762 bits per heavy atom. The van der Waals surface area contributed by atoms with Gasteiger partial charge in [0.15, 0.2) is 5.52 Å². The highest BCUT2D eigenvalue weighted by atomic mass is 31.1. The minimum absolute atomic E-state index is 0.135. The minimum atomic E-state index is -1.07. The number of carbonyl (C=O) groups excluding carboxylic acids is 1. The van der Waals surface area contributed by atoms with Gasteiger partial charge in [0.2, 0.25) is 0 Å². The Balaban J connectivity index is 2.07. The fourth-order valence-electron chi connectivity index (χ4n) is 2.16. The Morgan fingerprint density at radius 2 is 1.33 bits per heavy atom. The summed E-state index contributed by atoms with van der Waals surface area (Å²) >= 11 is 0. The Morgan fingerprint density at radius 3 is 1.81 bits per heavy atom. The van der Waals surface area contributed by atoms with Crippen LogP contribution in [-0.2, 0) is 0 Å². The van der Waals surface area contributed by atoms with Crippen LogP contribution in [0.1, 0.15) is 10.4 Å². The average Bonchev–Trinajstić information content (AvgIpc) is 2.58. The number of nitrogens with zero attached hydrogens (tertiary/aromatic N) is 1. The minimum Gasteiger partial charge on any atom is -0.288 e.